The van der Waals surface area contributed by atoms with Crippen molar-refractivity contribution < 1.29 is 0 Å². The topological polar surface area (TPSA) is 105 Å². The van der Waals surface area contributed by atoms with E-state index >= 15 is 0 Å². The molecule has 6 rings (SSSR count). The minimum Gasteiger partial charge on any atom is -0.282 e. The summed E-state index contributed by atoms with van der Waals surface area (Å²) in [6.07, 6.45) is 7.70. The van der Waals surface area contributed by atoms with Gasteiger partial charge in [-0.25, -0.2) is 19.3 Å². The Morgan fingerprint density at radius 1 is 0.634 bits per heavy atom. The van der Waals surface area contributed by atoms with Crippen molar-refractivity contribution in [2.24, 2.45) is 0 Å². The molecule has 0 amide bonds. The number of benzene rings is 2. The predicted octanol–water partition coefficient (Wildman–Crippen LogP) is 4.13. The normalized spacial score (nSPS) is 11.6. The molecular formula is C29H28N8O2S2. The average Bonchev–Trinajstić information content (AvgIpc) is 3.61. The van der Waals surface area contributed by atoms with Gasteiger partial charge in [0.1, 0.15) is 10.8 Å². The second kappa shape index (κ2) is 11.8. The third-order valence-electron chi connectivity index (χ3n) is 6.91. The SMILES string of the molecule is CSc1nc2c(cnn2CCCn2ncc3c(=O)n(Cc4ccccc4)c(SC)nc32)c(=O)n1Cc1ccccc1. The highest BCUT2D eigenvalue weighted by molar-refractivity contribution is 7.98. The third-order valence-corrected chi connectivity index (χ3v) is 8.26. The van der Waals surface area contributed by atoms with Crippen LogP contribution in [0, 0.1) is 0 Å². The van der Waals surface area contributed by atoms with Gasteiger partial charge in [0.25, 0.3) is 11.1 Å². The van der Waals surface area contributed by atoms with Gasteiger partial charge in [-0.15, -0.1) is 0 Å². The van der Waals surface area contributed by atoms with Gasteiger partial charge < -0.3 is 0 Å². The number of aromatic nitrogens is 8. The number of hydrogen-bond acceptors (Lipinski definition) is 8. The molecule has 12 heteroatoms. The molecule has 0 bridgehead atoms. The van der Waals surface area contributed by atoms with E-state index in [1.54, 1.807) is 30.9 Å². The van der Waals surface area contributed by atoms with Gasteiger partial charge in [0.05, 0.1) is 25.5 Å². The molecule has 0 aliphatic rings. The van der Waals surface area contributed by atoms with Crippen LogP contribution in [0.25, 0.3) is 22.1 Å². The Bertz CT molecular complexity index is 1800. The second-order valence-electron chi connectivity index (χ2n) is 9.51. The molecule has 0 aliphatic heterocycles. The van der Waals surface area contributed by atoms with E-state index in [4.69, 9.17) is 9.97 Å². The maximum absolute atomic E-state index is 13.4. The van der Waals surface area contributed by atoms with Crippen LogP contribution in [-0.2, 0) is 26.2 Å². The van der Waals surface area contributed by atoms with E-state index in [0.717, 1.165) is 11.1 Å². The van der Waals surface area contributed by atoms with E-state index in [1.807, 2.05) is 73.2 Å². The van der Waals surface area contributed by atoms with Crippen molar-refractivity contribution >= 4 is 45.6 Å². The van der Waals surface area contributed by atoms with Gasteiger partial charge in [0, 0.05) is 13.1 Å². The first-order valence-corrected chi connectivity index (χ1v) is 15.6. The van der Waals surface area contributed by atoms with E-state index in [9.17, 15) is 9.59 Å². The van der Waals surface area contributed by atoms with Crippen molar-refractivity contribution in [2.45, 2.75) is 42.9 Å². The summed E-state index contributed by atoms with van der Waals surface area (Å²) in [5.41, 5.74) is 3.01. The summed E-state index contributed by atoms with van der Waals surface area (Å²) in [6, 6.07) is 19.8. The van der Waals surface area contributed by atoms with Crippen LogP contribution < -0.4 is 11.1 Å². The van der Waals surface area contributed by atoms with Gasteiger partial charge in [-0.3, -0.25) is 18.7 Å². The molecule has 4 aromatic heterocycles. The lowest BCUT2D eigenvalue weighted by molar-refractivity contribution is 0.510. The first-order chi connectivity index (χ1) is 20.1. The van der Waals surface area contributed by atoms with Crippen LogP contribution in [0.2, 0.25) is 0 Å². The Hall–Kier alpha value is -4.16. The van der Waals surface area contributed by atoms with Crippen LogP contribution in [-0.4, -0.2) is 51.2 Å². The smallest absolute Gasteiger partial charge is 0.265 e. The molecule has 4 heterocycles. The van der Waals surface area contributed by atoms with Gasteiger partial charge in [0.2, 0.25) is 0 Å². The van der Waals surface area contributed by atoms with Gasteiger partial charge >= 0.3 is 0 Å². The van der Waals surface area contributed by atoms with E-state index in [0.29, 0.717) is 65.0 Å². The molecular weight excluding hydrogens is 557 g/mol. The lowest BCUT2D eigenvalue weighted by atomic mass is 10.2. The molecule has 0 unspecified atom stereocenters. The third kappa shape index (κ3) is 5.32. The van der Waals surface area contributed by atoms with Crippen molar-refractivity contribution in [3.8, 4) is 0 Å². The maximum Gasteiger partial charge on any atom is 0.265 e. The summed E-state index contributed by atoms with van der Waals surface area (Å²) in [5.74, 6) is 0. The number of thioether (sulfide) groups is 2. The van der Waals surface area contributed by atoms with Gasteiger partial charge in [-0.2, -0.15) is 10.2 Å². The summed E-state index contributed by atoms with van der Waals surface area (Å²) < 4.78 is 6.93. The summed E-state index contributed by atoms with van der Waals surface area (Å²) in [5, 5.41) is 11.2. The molecule has 0 saturated heterocycles. The van der Waals surface area contributed by atoms with E-state index in [-0.39, 0.29) is 11.1 Å². The predicted molar refractivity (Wildman–Crippen MR) is 163 cm³/mol. The Morgan fingerprint density at radius 2 is 1.05 bits per heavy atom. The van der Waals surface area contributed by atoms with E-state index < -0.39 is 0 Å². The zero-order valence-corrected chi connectivity index (χ0v) is 24.3. The molecule has 41 heavy (non-hydrogen) atoms. The van der Waals surface area contributed by atoms with Gasteiger partial charge in [0.15, 0.2) is 21.6 Å². The Kier molecular flexibility index (Phi) is 7.75. The van der Waals surface area contributed by atoms with Crippen LogP contribution in [0.3, 0.4) is 0 Å². The summed E-state index contributed by atoms with van der Waals surface area (Å²) in [6.45, 7) is 1.98. The molecule has 0 fully saturated rings. The first kappa shape index (κ1) is 27.0. The highest BCUT2D eigenvalue weighted by Gasteiger charge is 2.17. The minimum atomic E-state index is -0.104. The summed E-state index contributed by atoms with van der Waals surface area (Å²) in [4.78, 5) is 36.3. The van der Waals surface area contributed by atoms with Crippen molar-refractivity contribution in [1.29, 1.82) is 0 Å². The van der Waals surface area contributed by atoms with Crippen molar-refractivity contribution in [3.63, 3.8) is 0 Å². The molecule has 0 spiro atoms. The van der Waals surface area contributed by atoms with Crippen LogP contribution >= 0.6 is 23.5 Å². The largest absolute Gasteiger partial charge is 0.282 e. The zero-order valence-electron chi connectivity index (χ0n) is 22.7. The quantitative estimate of drug-likeness (QED) is 0.175. The second-order valence-corrected chi connectivity index (χ2v) is 11.1. The van der Waals surface area contributed by atoms with Gasteiger partial charge in [-0.1, -0.05) is 84.2 Å². The lowest BCUT2D eigenvalue weighted by Gasteiger charge is -2.12. The fraction of sp³-hybridized carbons (Fsp3) is 0.241. The first-order valence-electron chi connectivity index (χ1n) is 13.2. The molecule has 0 saturated carbocycles. The molecule has 10 nitrogen and oxygen atoms in total. The molecule has 0 radical (unpaired) electrons. The fourth-order valence-corrected chi connectivity index (χ4v) is 5.97. The lowest BCUT2D eigenvalue weighted by Crippen LogP contribution is -2.24. The number of hydrogen-bond donors (Lipinski definition) is 0. The van der Waals surface area contributed by atoms with Crippen LogP contribution in [0.4, 0.5) is 0 Å². The number of rotatable bonds is 10. The maximum atomic E-state index is 13.4. The number of fused-ring (bicyclic) bond motifs is 2. The summed E-state index contributed by atoms with van der Waals surface area (Å²) >= 11 is 2.88. The zero-order chi connectivity index (χ0) is 28.3. The van der Waals surface area contributed by atoms with E-state index in [2.05, 4.69) is 10.2 Å². The summed E-state index contributed by atoms with van der Waals surface area (Å²) in [7, 11) is 0. The minimum absolute atomic E-state index is 0.104. The number of nitrogens with zero attached hydrogens (tertiary/aromatic N) is 8. The average molecular weight is 585 g/mol. The highest BCUT2D eigenvalue weighted by atomic mass is 32.2. The van der Waals surface area contributed by atoms with E-state index in [1.165, 1.54) is 23.5 Å². The number of aryl methyl sites for hydroxylation is 2. The molecule has 0 atom stereocenters. The highest BCUT2D eigenvalue weighted by Crippen LogP contribution is 2.19. The van der Waals surface area contributed by atoms with Gasteiger partial charge in [-0.05, 0) is 30.1 Å². The molecule has 6 aromatic rings. The van der Waals surface area contributed by atoms with Crippen LogP contribution in [0.1, 0.15) is 17.5 Å². The monoisotopic (exact) mass is 584 g/mol. The Morgan fingerprint density at radius 3 is 1.44 bits per heavy atom. The van der Waals surface area contributed by atoms with Crippen molar-refractivity contribution in [3.05, 3.63) is 105 Å². The van der Waals surface area contributed by atoms with Crippen molar-refractivity contribution in [2.75, 3.05) is 12.5 Å². The molecule has 0 N–H and O–H groups in total. The fourth-order valence-electron chi connectivity index (χ4n) is 4.88. The Balaban J connectivity index is 1.23. The molecule has 208 valence electrons. The van der Waals surface area contributed by atoms with Crippen LogP contribution in [0.5, 0.6) is 0 Å². The molecule has 0 aliphatic carbocycles. The van der Waals surface area contributed by atoms with Crippen molar-refractivity contribution in [1.82, 2.24) is 38.7 Å². The van der Waals surface area contributed by atoms with Crippen LogP contribution in [0.15, 0.2) is 93.0 Å². The molecule has 2 aromatic carbocycles. The standard InChI is InChI=1S/C29H28N8O2S2/c1-40-28-32-24-22(26(38)34(28)18-20-10-5-3-6-11-20)16-30-36(24)14-9-15-37-25-23(17-31-37)27(39)35(29(33-25)41-2)19-21-12-7-4-8-13-21/h3-8,10-13,16-17H,9,14-15,18-19H2,1-2H3. The Labute approximate surface area is 244 Å².